The van der Waals surface area contributed by atoms with Gasteiger partial charge in [0, 0.05) is 41.0 Å². The first-order valence-corrected chi connectivity index (χ1v) is 24.0. The van der Waals surface area contributed by atoms with E-state index in [-0.39, 0.29) is 16.2 Å². The second-order valence-electron chi connectivity index (χ2n) is 17.0. The van der Waals surface area contributed by atoms with Gasteiger partial charge in [0.15, 0.2) is 6.10 Å². The van der Waals surface area contributed by atoms with Crippen LogP contribution in [0.15, 0.2) is 60.7 Å². The fraction of sp³-hybridized carbons (Fsp3) is 0.512. The second kappa shape index (κ2) is 13.5. The van der Waals surface area contributed by atoms with Gasteiger partial charge in [-0.05, 0) is 104 Å². The van der Waals surface area contributed by atoms with Gasteiger partial charge < -0.3 is 23.1 Å². The predicted molar refractivity (Wildman–Crippen MR) is 206 cm³/mol. The first-order valence-electron chi connectivity index (χ1n) is 18.2. The van der Waals surface area contributed by atoms with Crippen LogP contribution in [0.1, 0.15) is 83.6 Å². The van der Waals surface area contributed by atoms with Crippen molar-refractivity contribution in [3.63, 3.8) is 0 Å². The van der Waals surface area contributed by atoms with E-state index in [0.29, 0.717) is 13.2 Å². The Balaban J connectivity index is 1.33. The van der Waals surface area contributed by atoms with Crippen molar-refractivity contribution in [3.05, 3.63) is 77.4 Å². The average Bonchev–Trinajstić information content (AvgIpc) is 3.03. The Morgan fingerprint density at radius 1 is 0.694 bits per heavy atom. The highest BCUT2D eigenvalue weighted by molar-refractivity contribution is 6.75. The smallest absolute Gasteiger partial charge is 0.250 e. The van der Waals surface area contributed by atoms with E-state index in [0.717, 1.165) is 63.1 Å². The average molecular weight is 700 g/mol. The van der Waals surface area contributed by atoms with Crippen LogP contribution in [0.2, 0.25) is 36.3 Å². The Bertz CT molecular complexity index is 1680. The number of fused-ring (bicyclic) bond motifs is 4. The van der Waals surface area contributed by atoms with Crippen LogP contribution >= 0.6 is 0 Å². The normalized spacial score (nSPS) is 18.4. The van der Waals surface area contributed by atoms with E-state index in [1.165, 1.54) is 32.4 Å². The summed E-state index contributed by atoms with van der Waals surface area (Å²) in [7, 11) is -4.05. The van der Waals surface area contributed by atoms with Gasteiger partial charge in [-0.25, -0.2) is 0 Å². The highest BCUT2D eigenvalue weighted by Gasteiger charge is 2.41. The third-order valence-electron chi connectivity index (χ3n) is 11.4. The number of nitrogens with zero attached hydrogens (tertiary/aromatic N) is 1. The Hall–Kier alpha value is -3.21. The first-order chi connectivity index (χ1) is 23.0. The molecule has 1 atom stereocenters. The molecule has 0 aromatic heterocycles. The molecular formula is C41H57NO5Si2. The van der Waals surface area contributed by atoms with Crippen LogP contribution in [0, 0.1) is 0 Å². The summed E-state index contributed by atoms with van der Waals surface area (Å²) in [6.45, 7) is 27.2. The molecule has 0 saturated carbocycles. The molecule has 3 aliphatic heterocycles. The second-order valence-corrected chi connectivity index (χ2v) is 26.5. The number of hydrogen-bond donors (Lipinski definition) is 0. The van der Waals surface area contributed by atoms with Gasteiger partial charge >= 0.3 is 0 Å². The molecule has 1 fully saturated rings. The first kappa shape index (κ1) is 35.6. The summed E-state index contributed by atoms with van der Waals surface area (Å²) in [5, 5.41) is 0.190. The summed E-state index contributed by atoms with van der Waals surface area (Å²) < 4.78 is 33.1. The lowest BCUT2D eigenvalue weighted by Crippen LogP contribution is -2.43. The van der Waals surface area contributed by atoms with Crippen LogP contribution in [0.4, 0.5) is 0 Å². The summed E-state index contributed by atoms with van der Waals surface area (Å²) in [6, 6.07) is 21.1. The molecule has 0 N–H and O–H groups in total. The summed E-state index contributed by atoms with van der Waals surface area (Å²) in [6.07, 6.45) is 3.61. The van der Waals surface area contributed by atoms with Gasteiger partial charge in [0.2, 0.25) is 16.6 Å². The quantitative estimate of drug-likeness (QED) is 0.207. The van der Waals surface area contributed by atoms with Crippen LogP contribution in [-0.2, 0) is 0 Å². The molecule has 3 heterocycles. The highest BCUT2D eigenvalue weighted by atomic mass is 28.4. The lowest BCUT2D eigenvalue weighted by atomic mass is 9.84. The third kappa shape index (κ3) is 7.61. The highest BCUT2D eigenvalue weighted by Crippen LogP contribution is 2.53. The molecule has 3 aromatic carbocycles. The molecule has 8 heteroatoms. The van der Waals surface area contributed by atoms with Gasteiger partial charge in [-0.15, -0.1) is 0 Å². The monoisotopic (exact) mass is 699 g/mol. The fourth-order valence-electron chi connectivity index (χ4n) is 6.26. The number of rotatable bonds is 9. The topological polar surface area (TPSA) is 49.4 Å². The third-order valence-corrected chi connectivity index (χ3v) is 20.1. The van der Waals surface area contributed by atoms with E-state index in [9.17, 15) is 0 Å². The molecule has 0 amide bonds. The van der Waals surface area contributed by atoms with Gasteiger partial charge in [-0.1, -0.05) is 60.1 Å². The molecule has 6 nitrogen and oxygen atoms in total. The number of likely N-dealkylation sites (tertiary alicyclic amines) is 1. The maximum Gasteiger partial charge on any atom is 0.250 e. The number of benzene rings is 3. The van der Waals surface area contributed by atoms with E-state index in [4.69, 9.17) is 23.1 Å². The molecule has 0 radical (unpaired) electrons. The zero-order valence-electron chi connectivity index (χ0n) is 31.5. The molecule has 1 saturated heterocycles. The minimum atomic E-state index is -2.04. The van der Waals surface area contributed by atoms with Gasteiger partial charge in [-0.3, -0.25) is 4.90 Å². The fourth-order valence-corrected chi connectivity index (χ4v) is 8.31. The zero-order chi connectivity index (χ0) is 35.2. The molecule has 0 aliphatic carbocycles. The van der Waals surface area contributed by atoms with Gasteiger partial charge in [0.25, 0.3) is 0 Å². The van der Waals surface area contributed by atoms with Gasteiger partial charge in [-0.2, -0.15) is 0 Å². The van der Waals surface area contributed by atoms with E-state index in [1.807, 2.05) is 0 Å². The summed E-state index contributed by atoms with van der Waals surface area (Å²) in [4.78, 5) is 2.51. The van der Waals surface area contributed by atoms with E-state index < -0.39 is 16.6 Å². The largest absolute Gasteiger partial charge is 0.543 e. The zero-order valence-corrected chi connectivity index (χ0v) is 33.5. The predicted octanol–water partition coefficient (Wildman–Crippen LogP) is 10.8. The maximum absolute atomic E-state index is 6.99. The summed E-state index contributed by atoms with van der Waals surface area (Å²) >= 11 is 0. The lowest BCUT2D eigenvalue weighted by molar-refractivity contribution is 0.183. The Morgan fingerprint density at radius 2 is 1.24 bits per heavy atom. The molecule has 49 heavy (non-hydrogen) atoms. The van der Waals surface area contributed by atoms with E-state index in [1.54, 1.807) is 0 Å². The van der Waals surface area contributed by atoms with Crippen molar-refractivity contribution >= 4 is 27.8 Å². The van der Waals surface area contributed by atoms with Crippen LogP contribution in [0.5, 0.6) is 28.7 Å². The van der Waals surface area contributed by atoms with Crippen molar-refractivity contribution in [2.24, 2.45) is 0 Å². The Labute approximate surface area is 297 Å². The summed E-state index contributed by atoms with van der Waals surface area (Å²) in [5.74, 6) is 4.27. The number of piperidine rings is 1. The molecule has 6 rings (SSSR count). The summed E-state index contributed by atoms with van der Waals surface area (Å²) in [5.41, 5.74) is 5.47. The molecular weight excluding hydrogens is 643 g/mol. The molecule has 1 unspecified atom stereocenters. The Morgan fingerprint density at radius 3 is 1.84 bits per heavy atom. The maximum atomic E-state index is 6.99. The lowest BCUT2D eigenvalue weighted by Gasteiger charge is -2.38. The van der Waals surface area contributed by atoms with Gasteiger partial charge in [0.05, 0.1) is 0 Å². The molecule has 3 aromatic rings. The van der Waals surface area contributed by atoms with Crippen molar-refractivity contribution in [3.8, 4) is 28.7 Å². The van der Waals surface area contributed by atoms with Crippen molar-refractivity contribution in [2.45, 2.75) is 103 Å². The SMILES string of the molecule is CC(C)(C)[Si](C)(C)Oc1ccc2c(c1)OC(c1ccc(OCCN3CCCCC3)cc1)C1=C2COc2cc(O[Si](C)(C)C(C)(C)C)ccc21. The molecule has 0 bridgehead atoms. The number of hydrogen-bond acceptors (Lipinski definition) is 6. The van der Waals surface area contributed by atoms with Crippen molar-refractivity contribution in [2.75, 3.05) is 32.8 Å². The number of ether oxygens (including phenoxy) is 3. The molecule has 3 aliphatic rings. The van der Waals surface area contributed by atoms with Crippen molar-refractivity contribution in [1.29, 1.82) is 0 Å². The van der Waals surface area contributed by atoms with E-state index in [2.05, 4.69) is 133 Å². The van der Waals surface area contributed by atoms with Crippen LogP contribution < -0.4 is 23.1 Å². The molecule has 0 spiro atoms. The Kier molecular flexibility index (Phi) is 9.81. The minimum absolute atomic E-state index is 0.0909. The van der Waals surface area contributed by atoms with Gasteiger partial charge in [0.1, 0.15) is 42.0 Å². The van der Waals surface area contributed by atoms with E-state index >= 15 is 0 Å². The molecule has 264 valence electrons. The van der Waals surface area contributed by atoms with Crippen molar-refractivity contribution < 1.29 is 23.1 Å². The van der Waals surface area contributed by atoms with Crippen molar-refractivity contribution in [1.82, 2.24) is 4.90 Å². The standard InChI is InChI=1S/C41H57NO5Si2/c1-40(2,3)48(7,8)46-31-19-21-34-36(26-31)44-28-35-33-20-18-32(47-49(9,10)41(4,5)6)27-37(33)45-39(38(34)35)29-14-16-30(17-15-29)43-25-24-42-22-12-11-13-23-42/h14-21,26-27,39H,11-13,22-25,28H2,1-10H3. The van der Waals surface area contributed by atoms with Crippen LogP contribution in [0.25, 0.3) is 11.1 Å². The minimum Gasteiger partial charge on any atom is -0.543 e. The van der Waals surface area contributed by atoms with Crippen LogP contribution in [-0.4, -0.2) is 54.4 Å². The van der Waals surface area contributed by atoms with Crippen LogP contribution in [0.3, 0.4) is 0 Å².